The van der Waals surface area contributed by atoms with Gasteiger partial charge in [0.1, 0.15) is 11.6 Å². The molecule has 0 unspecified atom stereocenters. The Labute approximate surface area is 200 Å². The summed E-state index contributed by atoms with van der Waals surface area (Å²) < 4.78 is 25.0. The van der Waals surface area contributed by atoms with Crippen LogP contribution in [0.3, 0.4) is 0 Å². The lowest BCUT2D eigenvalue weighted by molar-refractivity contribution is -0.114. The number of carbonyl (C=O) groups is 2. The number of amides is 1. The minimum atomic E-state index is -0.838. The third-order valence-electron chi connectivity index (χ3n) is 5.44. The van der Waals surface area contributed by atoms with Gasteiger partial charge in [-0.3, -0.25) is 9.59 Å². The van der Waals surface area contributed by atoms with Gasteiger partial charge in [-0.1, -0.05) is 17.7 Å². The quantitative estimate of drug-likeness (QED) is 0.293. The van der Waals surface area contributed by atoms with E-state index in [4.69, 9.17) is 21.1 Å². The molecule has 174 valence electrons. The Morgan fingerprint density at radius 1 is 1.09 bits per heavy atom. The molecule has 2 heterocycles. The van der Waals surface area contributed by atoms with Crippen molar-refractivity contribution in [3.8, 4) is 11.6 Å². The number of aryl methyl sites for hydroxylation is 1. The van der Waals surface area contributed by atoms with E-state index in [1.807, 2.05) is 0 Å². The number of aromatic nitrogens is 2. The van der Waals surface area contributed by atoms with Crippen molar-refractivity contribution >= 4 is 39.9 Å². The van der Waals surface area contributed by atoms with Crippen LogP contribution in [0.5, 0.6) is 11.6 Å². The Morgan fingerprint density at radius 3 is 2.59 bits per heavy atom. The fraction of sp³-hybridized carbons (Fsp3) is 0.160. The average molecular weight is 482 g/mol. The molecule has 2 aromatic heterocycles. The van der Waals surface area contributed by atoms with Crippen LogP contribution in [0.25, 0.3) is 10.9 Å². The van der Waals surface area contributed by atoms with Crippen molar-refractivity contribution in [2.24, 2.45) is 0 Å². The molecule has 0 bridgehead atoms. The molecule has 1 amide bonds. The van der Waals surface area contributed by atoms with Crippen LogP contribution in [0.4, 0.5) is 10.1 Å². The highest BCUT2D eigenvalue weighted by Crippen LogP contribution is 2.29. The van der Waals surface area contributed by atoms with E-state index in [9.17, 15) is 14.0 Å². The molecule has 0 atom stereocenters. The van der Waals surface area contributed by atoms with Crippen LogP contribution in [-0.4, -0.2) is 35.9 Å². The van der Waals surface area contributed by atoms with Crippen molar-refractivity contribution in [2.75, 3.05) is 19.1 Å². The Kier molecular flexibility index (Phi) is 6.51. The lowest BCUT2D eigenvalue weighted by atomic mass is 10.0. The SMILES string of the molecule is COc1ccc2[nH]c(C)c(C(=O)C(=O)N(Cc3ccc(Cl)cc3F)c3ccnc(OC)c3)c2c1. The van der Waals surface area contributed by atoms with Crippen LogP contribution >= 0.6 is 11.6 Å². The van der Waals surface area contributed by atoms with E-state index in [0.29, 0.717) is 28.0 Å². The number of benzene rings is 2. The van der Waals surface area contributed by atoms with E-state index >= 15 is 0 Å². The maximum absolute atomic E-state index is 14.6. The summed E-state index contributed by atoms with van der Waals surface area (Å²) in [5, 5.41) is 0.782. The highest BCUT2D eigenvalue weighted by Gasteiger charge is 2.29. The van der Waals surface area contributed by atoms with Crippen LogP contribution in [0.1, 0.15) is 21.6 Å². The molecule has 0 saturated heterocycles. The number of aromatic amines is 1. The van der Waals surface area contributed by atoms with Gasteiger partial charge in [0.25, 0.3) is 11.7 Å². The zero-order chi connectivity index (χ0) is 24.4. The van der Waals surface area contributed by atoms with Crippen molar-refractivity contribution in [1.29, 1.82) is 0 Å². The maximum atomic E-state index is 14.6. The molecular weight excluding hydrogens is 461 g/mol. The molecule has 0 spiro atoms. The summed E-state index contributed by atoms with van der Waals surface area (Å²) >= 11 is 5.88. The number of anilines is 1. The standard InChI is InChI=1S/C25H21ClFN3O4/c1-14-23(19-12-18(33-2)6-7-21(19)29-14)24(31)25(32)30(17-8-9-28-22(11-17)34-3)13-15-4-5-16(26)10-20(15)27/h4-12,29H,13H2,1-3H3. The molecule has 4 rings (SSSR count). The van der Waals surface area contributed by atoms with E-state index in [-0.39, 0.29) is 28.6 Å². The number of Topliss-reactive ketones (excluding diaryl/α,β-unsaturated/α-hetero) is 1. The van der Waals surface area contributed by atoms with Gasteiger partial charge in [-0.15, -0.1) is 0 Å². The molecule has 34 heavy (non-hydrogen) atoms. The minimum Gasteiger partial charge on any atom is -0.497 e. The van der Waals surface area contributed by atoms with E-state index < -0.39 is 17.5 Å². The summed E-state index contributed by atoms with van der Waals surface area (Å²) in [6.45, 7) is 1.51. The molecule has 9 heteroatoms. The molecule has 0 aliphatic carbocycles. The lowest BCUT2D eigenvalue weighted by Crippen LogP contribution is -2.36. The van der Waals surface area contributed by atoms with E-state index in [0.717, 1.165) is 6.07 Å². The molecule has 1 N–H and O–H groups in total. The molecule has 4 aromatic rings. The van der Waals surface area contributed by atoms with Crippen molar-refractivity contribution in [2.45, 2.75) is 13.5 Å². The van der Waals surface area contributed by atoms with Gasteiger partial charge in [-0.2, -0.15) is 0 Å². The topological polar surface area (TPSA) is 84.5 Å². The molecule has 0 fully saturated rings. The molecule has 0 aliphatic heterocycles. The van der Waals surface area contributed by atoms with Gasteiger partial charge < -0.3 is 19.4 Å². The number of hydrogen-bond donors (Lipinski definition) is 1. The first-order valence-electron chi connectivity index (χ1n) is 10.3. The monoisotopic (exact) mass is 481 g/mol. The van der Waals surface area contributed by atoms with Crippen LogP contribution in [0, 0.1) is 12.7 Å². The number of pyridine rings is 1. The third-order valence-corrected chi connectivity index (χ3v) is 5.68. The number of nitrogens with one attached hydrogen (secondary N) is 1. The fourth-order valence-electron chi connectivity index (χ4n) is 3.73. The van der Waals surface area contributed by atoms with E-state index in [2.05, 4.69) is 9.97 Å². The molecule has 2 aromatic carbocycles. The van der Waals surface area contributed by atoms with Crippen molar-refractivity contribution in [3.05, 3.63) is 82.4 Å². The number of fused-ring (bicyclic) bond motifs is 1. The molecule has 0 aliphatic rings. The Morgan fingerprint density at radius 2 is 1.88 bits per heavy atom. The second kappa shape index (κ2) is 9.52. The van der Waals surface area contributed by atoms with Crippen molar-refractivity contribution < 1.29 is 23.5 Å². The fourth-order valence-corrected chi connectivity index (χ4v) is 3.89. The third kappa shape index (κ3) is 4.45. The summed E-state index contributed by atoms with van der Waals surface area (Å²) in [7, 11) is 2.96. The highest BCUT2D eigenvalue weighted by atomic mass is 35.5. The maximum Gasteiger partial charge on any atom is 0.299 e. The first-order chi connectivity index (χ1) is 16.3. The zero-order valence-corrected chi connectivity index (χ0v) is 19.4. The van der Waals surface area contributed by atoms with Gasteiger partial charge in [0, 0.05) is 39.4 Å². The number of H-pyrrole nitrogens is 1. The van der Waals surface area contributed by atoms with Gasteiger partial charge in [0.05, 0.1) is 32.0 Å². The van der Waals surface area contributed by atoms with Crippen molar-refractivity contribution in [1.82, 2.24) is 9.97 Å². The molecule has 0 saturated carbocycles. The lowest BCUT2D eigenvalue weighted by Gasteiger charge is -2.23. The van der Waals surface area contributed by atoms with Crippen molar-refractivity contribution in [3.63, 3.8) is 0 Å². The minimum absolute atomic E-state index is 0.193. The van der Waals surface area contributed by atoms with E-state index in [1.165, 1.54) is 43.5 Å². The van der Waals surface area contributed by atoms with Crippen LogP contribution in [0.2, 0.25) is 5.02 Å². The van der Waals surface area contributed by atoms with Crippen LogP contribution < -0.4 is 14.4 Å². The number of hydrogen-bond acceptors (Lipinski definition) is 5. The summed E-state index contributed by atoms with van der Waals surface area (Å²) in [5.74, 6) is -1.39. The number of ether oxygens (including phenoxy) is 2. The summed E-state index contributed by atoms with van der Waals surface area (Å²) in [4.78, 5) is 35.5. The largest absolute Gasteiger partial charge is 0.497 e. The Hall–Kier alpha value is -3.91. The second-order valence-corrected chi connectivity index (χ2v) is 7.99. The second-order valence-electron chi connectivity index (χ2n) is 7.55. The number of methoxy groups -OCH3 is 2. The normalized spacial score (nSPS) is 10.9. The summed E-state index contributed by atoms with van der Waals surface area (Å²) in [6, 6.07) is 12.4. The van der Waals surface area contributed by atoms with Gasteiger partial charge in [-0.25, -0.2) is 9.37 Å². The smallest absolute Gasteiger partial charge is 0.299 e. The summed E-state index contributed by atoms with van der Waals surface area (Å²) in [6.07, 6.45) is 1.44. The predicted molar refractivity (Wildman–Crippen MR) is 127 cm³/mol. The van der Waals surface area contributed by atoms with Gasteiger partial charge in [0.2, 0.25) is 5.88 Å². The Bertz CT molecular complexity index is 1400. The first-order valence-corrected chi connectivity index (χ1v) is 10.7. The number of rotatable bonds is 7. The number of ketones is 1. The zero-order valence-electron chi connectivity index (χ0n) is 18.7. The Balaban J connectivity index is 1.79. The average Bonchev–Trinajstić information content (AvgIpc) is 3.17. The van der Waals surface area contributed by atoms with Gasteiger partial charge in [0.15, 0.2) is 0 Å². The van der Waals surface area contributed by atoms with Gasteiger partial charge >= 0.3 is 0 Å². The molecule has 7 nitrogen and oxygen atoms in total. The molecule has 0 radical (unpaired) electrons. The number of carbonyl (C=O) groups excluding carboxylic acids is 2. The van der Waals surface area contributed by atoms with Crippen LogP contribution in [-0.2, 0) is 11.3 Å². The molecular formula is C25H21ClFN3O4. The highest BCUT2D eigenvalue weighted by molar-refractivity contribution is 6.49. The predicted octanol–water partition coefficient (Wildman–Crippen LogP) is 5.10. The van der Waals surface area contributed by atoms with Crippen LogP contribution in [0.15, 0.2) is 54.7 Å². The van der Waals surface area contributed by atoms with E-state index in [1.54, 1.807) is 31.2 Å². The first kappa shape index (κ1) is 23.3. The number of halogens is 2. The summed E-state index contributed by atoms with van der Waals surface area (Å²) in [5.41, 5.74) is 1.97. The van der Waals surface area contributed by atoms with Gasteiger partial charge in [-0.05, 0) is 43.3 Å². The number of nitrogens with zero attached hydrogens (tertiary/aromatic N) is 2.